The van der Waals surface area contributed by atoms with Crippen LogP contribution < -0.4 is 11.5 Å². The summed E-state index contributed by atoms with van der Waals surface area (Å²) in [7, 11) is 0. The smallest absolute Gasteiger partial charge is 0.170 e. The predicted molar refractivity (Wildman–Crippen MR) is 87.4 cm³/mol. The highest BCUT2D eigenvalue weighted by Gasteiger charge is 1.97. The van der Waals surface area contributed by atoms with E-state index in [2.05, 4.69) is 10.3 Å². The normalized spacial score (nSPS) is 11.5. The molecule has 22 heavy (non-hydrogen) atoms. The first-order valence-electron chi connectivity index (χ1n) is 6.57. The molecular weight excluding hydrogens is 280 g/mol. The van der Waals surface area contributed by atoms with Gasteiger partial charge in [0.15, 0.2) is 11.7 Å². The molecule has 0 saturated heterocycles. The molecule has 2 rings (SSSR count). The highest BCUT2D eigenvalue weighted by Crippen LogP contribution is 2.03. The molecule has 116 valence electrons. The third-order valence-corrected chi connectivity index (χ3v) is 2.84. The Balaban J connectivity index is 0.000000220. The Morgan fingerprint density at radius 1 is 0.773 bits per heavy atom. The zero-order chi connectivity index (χ0) is 16.5. The lowest BCUT2D eigenvalue weighted by molar-refractivity contribution is 0.318. The first-order chi connectivity index (χ1) is 10.5. The van der Waals surface area contributed by atoms with Crippen LogP contribution in [-0.2, 0) is 0 Å². The molecule has 0 radical (unpaired) electrons. The van der Waals surface area contributed by atoms with Gasteiger partial charge in [0.2, 0.25) is 0 Å². The van der Waals surface area contributed by atoms with Crippen molar-refractivity contribution in [1.82, 2.24) is 0 Å². The van der Waals surface area contributed by atoms with Crippen molar-refractivity contribution in [2.75, 3.05) is 0 Å². The van der Waals surface area contributed by atoms with Gasteiger partial charge >= 0.3 is 0 Å². The van der Waals surface area contributed by atoms with Gasteiger partial charge in [-0.3, -0.25) is 0 Å². The van der Waals surface area contributed by atoms with Crippen molar-refractivity contribution in [2.45, 2.75) is 13.8 Å². The standard InChI is InChI=1S/2C8H10N2O/c2*1-6-3-2-4-7(5-6)8(9)10-11/h2*2-5,11H,1H3,(H2,9,10). The second-order valence-electron chi connectivity index (χ2n) is 4.71. The SMILES string of the molecule is Cc1cccc(/C(N)=N/O)c1.Cc1cccc(/C(N)=N/O)c1. The summed E-state index contributed by atoms with van der Waals surface area (Å²) in [6.07, 6.45) is 0. The third-order valence-electron chi connectivity index (χ3n) is 2.84. The van der Waals surface area contributed by atoms with Gasteiger partial charge in [0, 0.05) is 11.1 Å². The summed E-state index contributed by atoms with van der Waals surface area (Å²) in [5.41, 5.74) is 14.4. The zero-order valence-electron chi connectivity index (χ0n) is 12.6. The highest BCUT2D eigenvalue weighted by molar-refractivity contribution is 5.97. The molecule has 0 unspecified atom stereocenters. The van der Waals surface area contributed by atoms with E-state index in [1.807, 2.05) is 50.2 Å². The minimum absolute atomic E-state index is 0.147. The average Bonchev–Trinajstić information content (AvgIpc) is 2.54. The second-order valence-corrected chi connectivity index (χ2v) is 4.71. The Hall–Kier alpha value is -3.02. The van der Waals surface area contributed by atoms with Gasteiger partial charge in [-0.05, 0) is 26.0 Å². The summed E-state index contributed by atoms with van der Waals surface area (Å²) in [5.74, 6) is 0.294. The van der Waals surface area contributed by atoms with Crippen molar-refractivity contribution >= 4 is 11.7 Å². The average molecular weight is 300 g/mol. The first-order valence-corrected chi connectivity index (χ1v) is 6.57. The molecule has 2 aromatic rings. The topological polar surface area (TPSA) is 117 Å². The molecule has 0 aliphatic rings. The molecule has 0 aliphatic carbocycles. The third kappa shape index (κ3) is 5.16. The molecule has 0 heterocycles. The summed E-state index contributed by atoms with van der Waals surface area (Å²) in [4.78, 5) is 0. The lowest BCUT2D eigenvalue weighted by Gasteiger charge is -1.98. The Labute approximate surface area is 129 Å². The summed E-state index contributed by atoms with van der Waals surface area (Å²) >= 11 is 0. The van der Waals surface area contributed by atoms with Crippen molar-refractivity contribution in [3.8, 4) is 0 Å². The fraction of sp³-hybridized carbons (Fsp3) is 0.125. The molecule has 0 bridgehead atoms. The Bertz CT molecular complexity index is 622. The number of hydrogen-bond acceptors (Lipinski definition) is 4. The van der Waals surface area contributed by atoms with Crippen LogP contribution in [0, 0.1) is 13.8 Å². The van der Waals surface area contributed by atoms with Crippen LogP contribution in [0.4, 0.5) is 0 Å². The van der Waals surface area contributed by atoms with E-state index < -0.39 is 0 Å². The van der Waals surface area contributed by atoms with E-state index in [1.54, 1.807) is 12.1 Å². The van der Waals surface area contributed by atoms with Crippen molar-refractivity contribution < 1.29 is 10.4 Å². The van der Waals surface area contributed by atoms with Crippen LogP contribution in [0.5, 0.6) is 0 Å². The highest BCUT2D eigenvalue weighted by atomic mass is 16.4. The number of aryl methyl sites for hydroxylation is 2. The molecule has 0 saturated carbocycles. The lowest BCUT2D eigenvalue weighted by atomic mass is 10.1. The molecular formula is C16H20N4O2. The van der Waals surface area contributed by atoms with E-state index in [0.717, 1.165) is 22.3 Å². The number of amidine groups is 2. The molecule has 0 amide bonds. The van der Waals surface area contributed by atoms with Gasteiger partial charge in [-0.1, -0.05) is 57.8 Å². The van der Waals surface area contributed by atoms with Gasteiger partial charge < -0.3 is 21.9 Å². The van der Waals surface area contributed by atoms with Crippen LogP contribution in [0.2, 0.25) is 0 Å². The molecule has 0 aromatic heterocycles. The van der Waals surface area contributed by atoms with E-state index >= 15 is 0 Å². The molecule has 0 fully saturated rings. The lowest BCUT2D eigenvalue weighted by Crippen LogP contribution is -2.12. The maximum atomic E-state index is 8.34. The number of nitrogens with two attached hydrogens (primary N) is 2. The van der Waals surface area contributed by atoms with Gasteiger partial charge in [0.25, 0.3) is 0 Å². The molecule has 0 aliphatic heterocycles. The zero-order valence-corrected chi connectivity index (χ0v) is 12.6. The van der Waals surface area contributed by atoms with Crippen molar-refractivity contribution in [3.63, 3.8) is 0 Å². The monoisotopic (exact) mass is 300 g/mol. The summed E-state index contributed by atoms with van der Waals surface area (Å²) < 4.78 is 0. The number of benzene rings is 2. The molecule has 6 N–H and O–H groups in total. The fourth-order valence-electron chi connectivity index (χ4n) is 1.72. The minimum Gasteiger partial charge on any atom is -0.409 e. The van der Waals surface area contributed by atoms with Crippen LogP contribution in [0.3, 0.4) is 0 Å². The Morgan fingerprint density at radius 2 is 1.14 bits per heavy atom. The van der Waals surface area contributed by atoms with Crippen LogP contribution in [-0.4, -0.2) is 22.1 Å². The summed E-state index contributed by atoms with van der Waals surface area (Å²) in [5, 5.41) is 22.5. The van der Waals surface area contributed by atoms with E-state index in [9.17, 15) is 0 Å². The summed E-state index contributed by atoms with van der Waals surface area (Å²) in [6.45, 7) is 3.91. The van der Waals surface area contributed by atoms with E-state index in [1.165, 1.54) is 0 Å². The largest absolute Gasteiger partial charge is 0.409 e. The van der Waals surface area contributed by atoms with Crippen molar-refractivity contribution in [1.29, 1.82) is 0 Å². The molecule has 6 heteroatoms. The Morgan fingerprint density at radius 3 is 1.41 bits per heavy atom. The predicted octanol–water partition coefficient (Wildman–Crippen LogP) is 2.18. The molecule has 6 nitrogen and oxygen atoms in total. The van der Waals surface area contributed by atoms with Crippen LogP contribution >= 0.6 is 0 Å². The molecule has 2 aromatic carbocycles. The van der Waals surface area contributed by atoms with E-state index in [4.69, 9.17) is 21.9 Å². The fourth-order valence-corrected chi connectivity index (χ4v) is 1.72. The van der Waals surface area contributed by atoms with Gasteiger partial charge in [0.05, 0.1) is 0 Å². The second kappa shape index (κ2) is 8.31. The van der Waals surface area contributed by atoms with E-state index in [-0.39, 0.29) is 11.7 Å². The number of nitrogens with zero attached hydrogens (tertiary/aromatic N) is 2. The first kappa shape index (κ1) is 17.0. The van der Waals surface area contributed by atoms with Crippen LogP contribution in [0.25, 0.3) is 0 Å². The number of hydrogen-bond donors (Lipinski definition) is 4. The Kier molecular flexibility index (Phi) is 6.43. The molecule has 0 atom stereocenters. The van der Waals surface area contributed by atoms with Crippen LogP contribution in [0.15, 0.2) is 58.8 Å². The maximum absolute atomic E-state index is 8.34. The quantitative estimate of drug-likeness (QED) is 0.294. The molecule has 0 spiro atoms. The van der Waals surface area contributed by atoms with Crippen molar-refractivity contribution in [2.24, 2.45) is 21.8 Å². The van der Waals surface area contributed by atoms with Gasteiger partial charge in [-0.25, -0.2) is 0 Å². The maximum Gasteiger partial charge on any atom is 0.170 e. The number of rotatable bonds is 2. The number of oxime groups is 2. The summed E-state index contributed by atoms with van der Waals surface area (Å²) in [6, 6.07) is 14.9. The van der Waals surface area contributed by atoms with E-state index in [0.29, 0.717) is 0 Å². The van der Waals surface area contributed by atoms with Gasteiger partial charge in [0.1, 0.15) is 0 Å². The van der Waals surface area contributed by atoms with Gasteiger partial charge in [-0.2, -0.15) is 0 Å². The van der Waals surface area contributed by atoms with Crippen molar-refractivity contribution in [3.05, 3.63) is 70.8 Å². The van der Waals surface area contributed by atoms with Gasteiger partial charge in [-0.15, -0.1) is 0 Å². The minimum atomic E-state index is 0.147. The van der Waals surface area contributed by atoms with Crippen LogP contribution in [0.1, 0.15) is 22.3 Å².